The summed E-state index contributed by atoms with van der Waals surface area (Å²) in [6.07, 6.45) is 1.13. The number of sulfone groups is 1. The lowest BCUT2D eigenvalue weighted by Gasteiger charge is -2.25. The number of nitrogens with two attached hydrogens (primary N) is 1. The van der Waals surface area contributed by atoms with Gasteiger partial charge < -0.3 is 10.6 Å². The van der Waals surface area contributed by atoms with E-state index in [0.717, 1.165) is 5.56 Å². The van der Waals surface area contributed by atoms with Crippen molar-refractivity contribution in [3.05, 3.63) is 29.6 Å². The monoisotopic (exact) mass is 286 g/mol. The van der Waals surface area contributed by atoms with E-state index in [-0.39, 0.29) is 17.3 Å². The quantitative estimate of drug-likeness (QED) is 0.898. The second kappa shape index (κ2) is 5.88. The van der Waals surface area contributed by atoms with Gasteiger partial charge in [-0.25, -0.2) is 12.8 Å². The van der Waals surface area contributed by atoms with E-state index in [1.807, 2.05) is 11.0 Å². The Bertz CT molecular complexity index is 546. The number of hydrogen-bond acceptors (Lipinski definition) is 4. The first-order valence-electron chi connectivity index (χ1n) is 6.46. The summed E-state index contributed by atoms with van der Waals surface area (Å²) in [5.74, 6) is -0.0293. The van der Waals surface area contributed by atoms with Crippen LogP contribution < -0.4 is 10.6 Å². The molecule has 1 aliphatic heterocycles. The summed E-state index contributed by atoms with van der Waals surface area (Å²) in [5.41, 5.74) is 6.91. The topological polar surface area (TPSA) is 63.4 Å². The van der Waals surface area contributed by atoms with Crippen LogP contribution in [0.5, 0.6) is 0 Å². The van der Waals surface area contributed by atoms with Gasteiger partial charge >= 0.3 is 0 Å². The van der Waals surface area contributed by atoms with Gasteiger partial charge in [-0.2, -0.15) is 0 Å². The van der Waals surface area contributed by atoms with Crippen molar-refractivity contribution in [3.63, 3.8) is 0 Å². The molecule has 0 saturated carbocycles. The van der Waals surface area contributed by atoms with E-state index in [1.165, 1.54) is 6.07 Å². The first-order valence-corrected chi connectivity index (χ1v) is 8.28. The maximum atomic E-state index is 14.1. The summed E-state index contributed by atoms with van der Waals surface area (Å²) < 4.78 is 37.3. The third kappa shape index (κ3) is 3.45. The molecule has 2 rings (SSSR count). The van der Waals surface area contributed by atoms with E-state index >= 15 is 0 Å². The summed E-state index contributed by atoms with van der Waals surface area (Å²) in [4.78, 5) is 1.84. The van der Waals surface area contributed by atoms with Crippen LogP contribution in [0.4, 0.5) is 10.1 Å². The van der Waals surface area contributed by atoms with Crippen LogP contribution in [0, 0.1) is 5.82 Å². The first-order chi connectivity index (χ1) is 9.03. The Morgan fingerprint density at radius 3 is 2.79 bits per heavy atom. The molecule has 0 bridgehead atoms. The van der Waals surface area contributed by atoms with Crippen LogP contribution in [0.3, 0.4) is 0 Å². The number of benzene rings is 1. The highest BCUT2D eigenvalue weighted by atomic mass is 32.2. The summed E-state index contributed by atoms with van der Waals surface area (Å²) in [6, 6.07) is 4.93. The van der Waals surface area contributed by atoms with Crippen molar-refractivity contribution in [2.75, 3.05) is 36.0 Å². The minimum atomic E-state index is -2.99. The molecule has 0 unspecified atom stereocenters. The molecule has 0 aromatic heterocycles. The first kappa shape index (κ1) is 14.3. The molecular formula is C13H19FN2O2S. The van der Waals surface area contributed by atoms with E-state index in [0.29, 0.717) is 38.2 Å². The lowest BCUT2D eigenvalue weighted by molar-refractivity contribution is 0.596. The maximum absolute atomic E-state index is 14.1. The van der Waals surface area contributed by atoms with Crippen molar-refractivity contribution >= 4 is 15.5 Å². The minimum absolute atomic E-state index is 0.0867. The van der Waals surface area contributed by atoms with E-state index < -0.39 is 9.84 Å². The fourth-order valence-corrected chi connectivity index (χ4v) is 3.71. The largest absolute Gasteiger partial charge is 0.368 e. The molecule has 6 heteroatoms. The second-order valence-electron chi connectivity index (χ2n) is 4.78. The molecule has 2 N–H and O–H groups in total. The fraction of sp³-hybridized carbons (Fsp3) is 0.538. The highest BCUT2D eigenvalue weighted by molar-refractivity contribution is 7.91. The molecule has 1 saturated heterocycles. The highest BCUT2D eigenvalue weighted by Gasteiger charge is 2.22. The average Bonchev–Trinajstić information content (AvgIpc) is 2.51. The maximum Gasteiger partial charge on any atom is 0.152 e. The highest BCUT2D eigenvalue weighted by Crippen LogP contribution is 2.26. The van der Waals surface area contributed by atoms with Crippen molar-refractivity contribution in [1.29, 1.82) is 0 Å². The van der Waals surface area contributed by atoms with Gasteiger partial charge in [0.15, 0.2) is 9.84 Å². The van der Waals surface area contributed by atoms with Crippen LogP contribution in [-0.2, 0) is 16.3 Å². The molecule has 106 valence electrons. The minimum Gasteiger partial charge on any atom is -0.368 e. The second-order valence-corrected chi connectivity index (χ2v) is 7.08. The van der Waals surface area contributed by atoms with E-state index in [9.17, 15) is 12.8 Å². The van der Waals surface area contributed by atoms with Gasteiger partial charge in [0.1, 0.15) is 5.82 Å². The Morgan fingerprint density at radius 2 is 2.05 bits per heavy atom. The van der Waals surface area contributed by atoms with Crippen molar-refractivity contribution in [3.8, 4) is 0 Å². The van der Waals surface area contributed by atoms with E-state index in [4.69, 9.17) is 5.73 Å². The molecule has 1 heterocycles. The lowest BCUT2D eigenvalue weighted by atomic mass is 10.1. The van der Waals surface area contributed by atoms with Gasteiger partial charge in [-0.3, -0.25) is 0 Å². The zero-order valence-corrected chi connectivity index (χ0v) is 11.6. The third-order valence-electron chi connectivity index (χ3n) is 3.36. The Kier molecular flexibility index (Phi) is 4.42. The van der Waals surface area contributed by atoms with E-state index in [1.54, 1.807) is 6.07 Å². The summed E-state index contributed by atoms with van der Waals surface area (Å²) in [7, 11) is -2.99. The van der Waals surface area contributed by atoms with Crippen molar-refractivity contribution in [2.45, 2.75) is 12.8 Å². The molecule has 1 aliphatic rings. The predicted octanol–water partition coefficient (Wildman–Crippen LogP) is 0.952. The van der Waals surface area contributed by atoms with Crippen molar-refractivity contribution in [2.24, 2.45) is 5.73 Å². The molecule has 0 aliphatic carbocycles. The van der Waals surface area contributed by atoms with Crippen LogP contribution in [0.1, 0.15) is 12.0 Å². The number of hydrogen-bond donors (Lipinski definition) is 1. The van der Waals surface area contributed by atoms with Crippen LogP contribution >= 0.6 is 0 Å². The van der Waals surface area contributed by atoms with Crippen molar-refractivity contribution < 1.29 is 12.8 Å². The molecule has 4 nitrogen and oxygen atoms in total. The Morgan fingerprint density at radius 1 is 1.26 bits per heavy atom. The smallest absolute Gasteiger partial charge is 0.152 e. The SMILES string of the molecule is NCCc1cccc(F)c1N1CCCS(=O)(=O)CC1. The third-order valence-corrected chi connectivity index (χ3v) is 5.07. The molecule has 0 radical (unpaired) electrons. The number of nitrogens with zero attached hydrogens (tertiary/aromatic N) is 1. The predicted molar refractivity (Wildman–Crippen MR) is 74.6 cm³/mol. The summed E-state index contributed by atoms with van der Waals surface area (Å²) in [6.45, 7) is 1.36. The van der Waals surface area contributed by atoms with Gasteiger partial charge in [0, 0.05) is 13.1 Å². The molecular weight excluding hydrogens is 267 g/mol. The van der Waals surface area contributed by atoms with Gasteiger partial charge in [0.25, 0.3) is 0 Å². The molecule has 19 heavy (non-hydrogen) atoms. The number of anilines is 1. The Hall–Kier alpha value is -1.14. The molecule has 1 fully saturated rings. The van der Waals surface area contributed by atoms with Crippen LogP contribution in [0.25, 0.3) is 0 Å². The number of rotatable bonds is 3. The molecule has 1 aromatic rings. The van der Waals surface area contributed by atoms with Crippen LogP contribution in [-0.4, -0.2) is 39.6 Å². The zero-order valence-electron chi connectivity index (χ0n) is 10.8. The van der Waals surface area contributed by atoms with Gasteiger partial charge in [-0.15, -0.1) is 0 Å². The van der Waals surface area contributed by atoms with Crippen LogP contribution in [0.2, 0.25) is 0 Å². The van der Waals surface area contributed by atoms with E-state index in [2.05, 4.69) is 0 Å². The summed E-state index contributed by atoms with van der Waals surface area (Å²) in [5, 5.41) is 0. The van der Waals surface area contributed by atoms with Gasteiger partial charge in [-0.1, -0.05) is 12.1 Å². The molecule has 1 aromatic carbocycles. The standard InChI is InChI=1S/C13H19FN2O2S/c14-12-4-1-3-11(5-6-15)13(12)16-7-2-9-19(17,18)10-8-16/h1,3-4H,2,5-10,15H2. The van der Waals surface area contributed by atoms with Crippen molar-refractivity contribution in [1.82, 2.24) is 0 Å². The summed E-state index contributed by atoms with van der Waals surface area (Å²) >= 11 is 0. The average molecular weight is 286 g/mol. The zero-order chi connectivity index (χ0) is 13.9. The fourth-order valence-electron chi connectivity index (χ4n) is 2.43. The molecule has 0 spiro atoms. The Balaban J connectivity index is 2.30. The van der Waals surface area contributed by atoms with Gasteiger partial charge in [-0.05, 0) is 31.0 Å². The van der Waals surface area contributed by atoms with Gasteiger partial charge in [0.2, 0.25) is 0 Å². The number of halogens is 1. The lowest BCUT2D eigenvalue weighted by Crippen LogP contribution is -2.29. The number of para-hydroxylation sites is 1. The molecule has 0 amide bonds. The normalized spacial score (nSPS) is 19.2. The molecule has 0 atom stereocenters. The van der Waals surface area contributed by atoms with Gasteiger partial charge in [0.05, 0.1) is 17.2 Å². The van der Waals surface area contributed by atoms with Crippen LogP contribution in [0.15, 0.2) is 18.2 Å². The Labute approximate surface area is 113 Å².